The van der Waals surface area contributed by atoms with Crippen molar-refractivity contribution in [2.75, 3.05) is 27.2 Å². The van der Waals surface area contributed by atoms with Crippen molar-refractivity contribution < 1.29 is 9.53 Å². The number of carbonyl (C=O) groups is 1. The maximum Gasteiger partial charge on any atom is 0.227 e. The largest absolute Gasteiger partial charge is 0.438 e. The summed E-state index contributed by atoms with van der Waals surface area (Å²) in [5, 5.41) is 2.99. The zero-order valence-electron chi connectivity index (χ0n) is 14.8. The van der Waals surface area contributed by atoms with E-state index in [1.165, 1.54) is 0 Å². The summed E-state index contributed by atoms with van der Waals surface area (Å²) in [4.78, 5) is 18.6. The topological polar surface area (TPSA) is 54.5 Å². The van der Waals surface area contributed by atoms with E-state index in [2.05, 4.69) is 16.4 Å². The van der Waals surface area contributed by atoms with Crippen molar-refractivity contribution in [2.24, 2.45) is 0 Å². The van der Waals surface area contributed by atoms with Crippen LogP contribution in [0.5, 0.6) is 11.6 Å². The number of fused-ring (bicyclic) bond motifs is 2. The Kier molecular flexibility index (Phi) is 6.39. The molecule has 1 aromatic heterocycles. The molecule has 0 saturated carbocycles. The molecule has 1 amide bonds. The third-order valence-electron chi connectivity index (χ3n) is 4.27. The molecule has 1 atom stereocenters. The summed E-state index contributed by atoms with van der Waals surface area (Å²) in [6.45, 7) is 3.43. The lowest BCUT2D eigenvalue weighted by Gasteiger charge is -2.21. The number of aromatic nitrogens is 1. The van der Waals surface area contributed by atoms with Crippen LogP contribution >= 0.6 is 12.4 Å². The fourth-order valence-electron chi connectivity index (χ4n) is 2.77. The fourth-order valence-corrected chi connectivity index (χ4v) is 2.77. The quantitative estimate of drug-likeness (QED) is 0.759. The first-order chi connectivity index (χ1) is 11.5. The molecule has 5 nitrogen and oxygen atoms in total. The van der Waals surface area contributed by atoms with Crippen LogP contribution in [-0.2, 0) is 11.2 Å². The minimum atomic E-state index is -0.187. The van der Waals surface area contributed by atoms with Gasteiger partial charge in [-0.3, -0.25) is 4.79 Å². The Morgan fingerprint density at radius 3 is 2.88 bits per heavy atom. The van der Waals surface area contributed by atoms with Gasteiger partial charge in [0, 0.05) is 31.3 Å². The average molecular weight is 362 g/mol. The number of carbonyl (C=O) groups excluding carboxylic acids is 1. The second-order valence-electron chi connectivity index (χ2n) is 6.43. The monoisotopic (exact) mass is 361 g/mol. The van der Waals surface area contributed by atoms with Crippen LogP contribution in [0.2, 0.25) is 0 Å². The summed E-state index contributed by atoms with van der Waals surface area (Å²) in [7, 11) is 3.98. The molecular weight excluding hydrogens is 338 g/mol. The van der Waals surface area contributed by atoms with Crippen molar-refractivity contribution in [2.45, 2.75) is 19.3 Å². The van der Waals surface area contributed by atoms with Gasteiger partial charge in [0.15, 0.2) is 0 Å². The predicted octanol–water partition coefficient (Wildman–Crippen LogP) is 2.98. The van der Waals surface area contributed by atoms with Gasteiger partial charge in [0.2, 0.25) is 11.8 Å². The number of ether oxygens (including phenoxy) is 1. The Hall–Kier alpha value is -2.11. The first kappa shape index (κ1) is 19.2. The standard InChI is InChI=1S/C19H23N3O2.ClH/c1-13(18(23)20-9-10-22(2)3)14-6-7-17-16(11-14)12-15-5-4-8-21-19(15)24-17;/h4-8,11,13H,9-10,12H2,1-3H3,(H,20,23);1H. The van der Waals surface area contributed by atoms with Gasteiger partial charge in [-0.2, -0.15) is 0 Å². The molecule has 1 unspecified atom stereocenters. The molecule has 0 radical (unpaired) electrons. The van der Waals surface area contributed by atoms with E-state index in [0.29, 0.717) is 12.4 Å². The molecule has 0 aliphatic carbocycles. The SMILES string of the molecule is CC(C(=O)NCCN(C)C)c1ccc2c(c1)Cc1cccnc1O2.Cl. The molecule has 1 aliphatic rings. The zero-order valence-corrected chi connectivity index (χ0v) is 15.6. The number of benzene rings is 1. The Labute approximate surface area is 154 Å². The molecule has 134 valence electrons. The van der Waals surface area contributed by atoms with Crippen LogP contribution in [0, 0.1) is 0 Å². The molecule has 6 heteroatoms. The molecular formula is C19H24ClN3O2. The normalized spacial score (nSPS) is 13.1. The van der Waals surface area contributed by atoms with Gasteiger partial charge in [-0.15, -0.1) is 12.4 Å². The van der Waals surface area contributed by atoms with E-state index in [0.717, 1.165) is 35.4 Å². The highest BCUT2D eigenvalue weighted by atomic mass is 35.5. The number of nitrogens with one attached hydrogen (secondary N) is 1. The lowest BCUT2D eigenvalue weighted by atomic mass is 9.94. The number of likely N-dealkylation sites (N-methyl/N-ethyl adjacent to an activating group) is 1. The maximum absolute atomic E-state index is 12.3. The number of hydrogen-bond acceptors (Lipinski definition) is 4. The molecule has 0 fully saturated rings. The van der Waals surface area contributed by atoms with Crippen molar-refractivity contribution in [3.05, 3.63) is 53.2 Å². The van der Waals surface area contributed by atoms with E-state index in [1.807, 2.05) is 50.2 Å². The summed E-state index contributed by atoms with van der Waals surface area (Å²) in [5.41, 5.74) is 3.18. The molecule has 2 heterocycles. The highest BCUT2D eigenvalue weighted by Crippen LogP contribution is 2.36. The molecule has 2 aromatic rings. The lowest BCUT2D eigenvalue weighted by molar-refractivity contribution is -0.122. The number of amides is 1. The molecule has 25 heavy (non-hydrogen) atoms. The first-order valence-corrected chi connectivity index (χ1v) is 8.21. The van der Waals surface area contributed by atoms with Crippen molar-refractivity contribution in [1.82, 2.24) is 15.2 Å². The number of halogens is 1. The number of nitrogens with zero attached hydrogens (tertiary/aromatic N) is 2. The van der Waals surface area contributed by atoms with Crippen LogP contribution in [0.1, 0.15) is 29.5 Å². The van der Waals surface area contributed by atoms with Crippen molar-refractivity contribution in [1.29, 1.82) is 0 Å². The van der Waals surface area contributed by atoms with E-state index in [9.17, 15) is 4.79 Å². The Balaban J connectivity index is 0.00000225. The van der Waals surface area contributed by atoms with Crippen LogP contribution in [0.4, 0.5) is 0 Å². The fraction of sp³-hybridized carbons (Fsp3) is 0.368. The van der Waals surface area contributed by atoms with E-state index in [4.69, 9.17) is 4.74 Å². The van der Waals surface area contributed by atoms with Gasteiger partial charge in [0.05, 0.1) is 5.92 Å². The molecule has 0 bridgehead atoms. The smallest absolute Gasteiger partial charge is 0.227 e. The van der Waals surface area contributed by atoms with Crippen molar-refractivity contribution >= 4 is 18.3 Å². The van der Waals surface area contributed by atoms with Crippen LogP contribution in [0.25, 0.3) is 0 Å². The second-order valence-corrected chi connectivity index (χ2v) is 6.43. The van der Waals surface area contributed by atoms with Gasteiger partial charge in [-0.05, 0) is 44.3 Å². The van der Waals surface area contributed by atoms with E-state index in [-0.39, 0.29) is 24.2 Å². The summed E-state index contributed by atoms with van der Waals surface area (Å²) in [6.07, 6.45) is 2.51. The number of rotatable bonds is 5. The van der Waals surface area contributed by atoms with Gasteiger partial charge in [0.1, 0.15) is 5.75 Å². The van der Waals surface area contributed by atoms with E-state index in [1.54, 1.807) is 6.20 Å². The van der Waals surface area contributed by atoms with Gasteiger partial charge in [-0.25, -0.2) is 4.98 Å². The van der Waals surface area contributed by atoms with Gasteiger partial charge >= 0.3 is 0 Å². The highest BCUT2D eigenvalue weighted by molar-refractivity contribution is 5.85. The summed E-state index contributed by atoms with van der Waals surface area (Å²) in [5.74, 6) is 1.36. The van der Waals surface area contributed by atoms with Crippen molar-refractivity contribution in [3.8, 4) is 11.6 Å². The second kappa shape index (κ2) is 8.32. The minimum absolute atomic E-state index is 0. The Morgan fingerprint density at radius 1 is 1.32 bits per heavy atom. The summed E-state index contributed by atoms with van der Waals surface area (Å²) in [6, 6.07) is 9.91. The number of pyridine rings is 1. The van der Waals surface area contributed by atoms with E-state index >= 15 is 0 Å². The predicted molar refractivity (Wildman–Crippen MR) is 101 cm³/mol. The highest BCUT2D eigenvalue weighted by Gasteiger charge is 2.21. The Bertz CT molecular complexity index is 749. The van der Waals surface area contributed by atoms with Crippen molar-refractivity contribution in [3.63, 3.8) is 0 Å². The minimum Gasteiger partial charge on any atom is -0.438 e. The maximum atomic E-state index is 12.3. The summed E-state index contributed by atoms with van der Waals surface area (Å²) < 4.78 is 5.85. The third kappa shape index (κ3) is 4.50. The van der Waals surface area contributed by atoms with Gasteiger partial charge in [-0.1, -0.05) is 18.2 Å². The van der Waals surface area contributed by atoms with Crippen LogP contribution in [0.15, 0.2) is 36.5 Å². The van der Waals surface area contributed by atoms with Crippen LogP contribution in [0.3, 0.4) is 0 Å². The van der Waals surface area contributed by atoms with Gasteiger partial charge in [0.25, 0.3) is 0 Å². The molecule has 1 aromatic carbocycles. The van der Waals surface area contributed by atoms with Gasteiger partial charge < -0.3 is 15.0 Å². The summed E-state index contributed by atoms with van der Waals surface area (Å²) >= 11 is 0. The molecule has 0 saturated heterocycles. The Morgan fingerprint density at radius 2 is 2.12 bits per heavy atom. The molecule has 1 N–H and O–H groups in total. The number of hydrogen-bond donors (Lipinski definition) is 1. The zero-order chi connectivity index (χ0) is 17.1. The third-order valence-corrected chi connectivity index (χ3v) is 4.27. The molecule has 3 rings (SSSR count). The molecule has 0 spiro atoms. The average Bonchev–Trinajstić information content (AvgIpc) is 2.58. The molecule has 1 aliphatic heterocycles. The van der Waals surface area contributed by atoms with Crippen LogP contribution < -0.4 is 10.1 Å². The first-order valence-electron chi connectivity index (χ1n) is 8.21. The lowest BCUT2D eigenvalue weighted by Crippen LogP contribution is -2.34. The van der Waals surface area contributed by atoms with E-state index < -0.39 is 0 Å². The van der Waals surface area contributed by atoms with Crippen LogP contribution in [-0.4, -0.2) is 43.0 Å².